The van der Waals surface area contributed by atoms with Crippen molar-refractivity contribution < 1.29 is 24.2 Å². The van der Waals surface area contributed by atoms with E-state index in [1.807, 2.05) is 31.2 Å². The topological polar surface area (TPSA) is 105 Å². The maximum atomic E-state index is 12.6. The van der Waals surface area contributed by atoms with Crippen molar-refractivity contribution in [2.75, 3.05) is 11.9 Å². The zero-order chi connectivity index (χ0) is 24.8. The Morgan fingerprint density at radius 2 is 1.51 bits per heavy atom. The van der Waals surface area contributed by atoms with E-state index < -0.39 is 18.1 Å². The monoisotopic (exact) mass is 472 g/mol. The Labute approximate surface area is 204 Å². The van der Waals surface area contributed by atoms with E-state index >= 15 is 0 Å². The maximum absolute atomic E-state index is 12.6. The molecule has 35 heavy (non-hydrogen) atoms. The predicted molar refractivity (Wildman–Crippen MR) is 133 cm³/mol. The summed E-state index contributed by atoms with van der Waals surface area (Å²) in [5.74, 6) is -1.33. The molecule has 180 valence electrons. The van der Waals surface area contributed by atoms with Crippen LogP contribution in [-0.4, -0.2) is 35.7 Å². The summed E-state index contributed by atoms with van der Waals surface area (Å²) in [6, 6.07) is 22.6. The fourth-order valence-corrected chi connectivity index (χ4v) is 4.49. The first-order chi connectivity index (χ1) is 17.0. The molecule has 0 bridgehead atoms. The van der Waals surface area contributed by atoms with Gasteiger partial charge in [0.1, 0.15) is 6.61 Å². The lowest BCUT2D eigenvalue weighted by atomic mass is 9.98. The van der Waals surface area contributed by atoms with Crippen molar-refractivity contribution in [2.45, 2.75) is 38.1 Å². The highest BCUT2D eigenvalue weighted by Crippen LogP contribution is 2.44. The predicted octanol–water partition coefficient (Wildman–Crippen LogP) is 4.96. The molecule has 3 N–H and O–H groups in total. The molecule has 7 nitrogen and oxygen atoms in total. The molecular formula is C28H28N2O5. The van der Waals surface area contributed by atoms with Gasteiger partial charge in [-0.05, 0) is 40.3 Å². The minimum absolute atomic E-state index is 0.0396. The molecule has 4 rings (SSSR count). The summed E-state index contributed by atoms with van der Waals surface area (Å²) in [4.78, 5) is 36.2. The number of ether oxygens (including phenoxy) is 1. The first-order valence-corrected chi connectivity index (χ1v) is 11.7. The molecule has 1 aliphatic carbocycles. The van der Waals surface area contributed by atoms with E-state index in [0.29, 0.717) is 17.7 Å². The van der Waals surface area contributed by atoms with E-state index in [9.17, 15) is 14.4 Å². The largest absolute Gasteiger partial charge is 0.481 e. The van der Waals surface area contributed by atoms with E-state index in [4.69, 9.17) is 9.84 Å². The number of carboxylic acids is 1. The minimum Gasteiger partial charge on any atom is -0.481 e. The highest BCUT2D eigenvalue weighted by Gasteiger charge is 2.29. The van der Waals surface area contributed by atoms with Gasteiger partial charge in [0.05, 0.1) is 6.42 Å². The molecule has 1 atom stereocenters. The van der Waals surface area contributed by atoms with Crippen LogP contribution in [0.2, 0.25) is 0 Å². The molecule has 3 aromatic carbocycles. The number of benzene rings is 3. The Kier molecular flexibility index (Phi) is 7.45. The van der Waals surface area contributed by atoms with Crippen molar-refractivity contribution in [1.29, 1.82) is 0 Å². The van der Waals surface area contributed by atoms with Crippen LogP contribution in [-0.2, 0) is 20.7 Å². The summed E-state index contributed by atoms with van der Waals surface area (Å²) in [5.41, 5.74) is 5.55. The van der Waals surface area contributed by atoms with E-state index in [2.05, 4.69) is 34.9 Å². The zero-order valence-electron chi connectivity index (χ0n) is 19.5. The third-order valence-corrected chi connectivity index (χ3v) is 6.22. The molecule has 1 unspecified atom stereocenters. The number of aliphatic carboxylic acids is 1. The first kappa shape index (κ1) is 24.0. The molecular weight excluding hydrogens is 444 g/mol. The maximum Gasteiger partial charge on any atom is 0.407 e. The van der Waals surface area contributed by atoms with Crippen LogP contribution in [0.4, 0.5) is 10.5 Å². The molecule has 0 spiro atoms. The van der Waals surface area contributed by atoms with E-state index in [0.717, 1.165) is 22.3 Å². The molecule has 3 aromatic rings. The van der Waals surface area contributed by atoms with Crippen molar-refractivity contribution in [1.82, 2.24) is 5.32 Å². The van der Waals surface area contributed by atoms with Gasteiger partial charge < -0.3 is 20.5 Å². The lowest BCUT2D eigenvalue weighted by Crippen LogP contribution is -2.38. The molecule has 0 saturated carbocycles. The number of fused-ring (bicyclic) bond motifs is 3. The SMILES string of the molecule is CCC(CC(=O)Nc1ccccc1CC(=O)O)NC(=O)OCC1c2ccccc2-c2ccccc21. The van der Waals surface area contributed by atoms with Crippen molar-refractivity contribution in [2.24, 2.45) is 0 Å². The number of carbonyl (C=O) groups is 3. The number of hydrogen-bond acceptors (Lipinski definition) is 4. The molecule has 0 fully saturated rings. The third-order valence-electron chi connectivity index (χ3n) is 6.22. The number of alkyl carbamates (subject to hydrolysis) is 1. The number of nitrogens with one attached hydrogen (secondary N) is 2. The second-order valence-corrected chi connectivity index (χ2v) is 8.56. The summed E-state index contributed by atoms with van der Waals surface area (Å²) in [5, 5.41) is 14.6. The number of carboxylic acid groups (broad SMARTS) is 1. The van der Waals surface area contributed by atoms with Crippen LogP contribution in [0.5, 0.6) is 0 Å². The van der Waals surface area contributed by atoms with Gasteiger partial charge >= 0.3 is 12.1 Å². The fraction of sp³-hybridized carbons (Fsp3) is 0.250. The van der Waals surface area contributed by atoms with Crippen molar-refractivity contribution in [3.8, 4) is 11.1 Å². The van der Waals surface area contributed by atoms with Crippen LogP contribution in [0.15, 0.2) is 72.8 Å². The Balaban J connectivity index is 1.33. The number of anilines is 1. The number of carbonyl (C=O) groups excluding carboxylic acids is 2. The van der Waals surface area contributed by atoms with Crippen molar-refractivity contribution in [3.63, 3.8) is 0 Å². The second kappa shape index (κ2) is 10.9. The molecule has 1 aliphatic rings. The molecule has 0 aromatic heterocycles. The Morgan fingerprint density at radius 3 is 2.14 bits per heavy atom. The van der Waals surface area contributed by atoms with Crippen molar-refractivity contribution in [3.05, 3.63) is 89.5 Å². The molecule has 7 heteroatoms. The highest BCUT2D eigenvalue weighted by atomic mass is 16.5. The molecule has 0 saturated heterocycles. The number of hydrogen-bond donors (Lipinski definition) is 3. The molecule has 0 aliphatic heterocycles. The second-order valence-electron chi connectivity index (χ2n) is 8.56. The van der Waals surface area contributed by atoms with Gasteiger partial charge in [-0.15, -0.1) is 0 Å². The lowest BCUT2D eigenvalue weighted by molar-refractivity contribution is -0.136. The summed E-state index contributed by atoms with van der Waals surface area (Å²) in [6.45, 7) is 2.07. The van der Waals surface area contributed by atoms with Gasteiger partial charge in [-0.1, -0.05) is 73.7 Å². The Morgan fingerprint density at radius 1 is 0.914 bits per heavy atom. The lowest BCUT2D eigenvalue weighted by Gasteiger charge is -2.19. The third kappa shape index (κ3) is 5.69. The fourth-order valence-electron chi connectivity index (χ4n) is 4.49. The average Bonchev–Trinajstić information content (AvgIpc) is 3.17. The van der Waals surface area contributed by atoms with E-state index in [1.165, 1.54) is 0 Å². The molecule has 0 radical (unpaired) electrons. The normalized spacial score (nSPS) is 12.8. The van der Waals surface area contributed by atoms with Crippen LogP contribution in [0, 0.1) is 0 Å². The van der Waals surface area contributed by atoms with Gasteiger partial charge in [-0.25, -0.2) is 4.79 Å². The Bertz CT molecular complexity index is 1190. The van der Waals surface area contributed by atoms with Gasteiger partial charge in [-0.2, -0.15) is 0 Å². The van der Waals surface area contributed by atoms with Gasteiger partial charge in [0.2, 0.25) is 5.91 Å². The van der Waals surface area contributed by atoms with Gasteiger partial charge in [-0.3, -0.25) is 9.59 Å². The van der Waals surface area contributed by atoms with Crippen molar-refractivity contribution >= 4 is 23.7 Å². The summed E-state index contributed by atoms with van der Waals surface area (Å²) >= 11 is 0. The smallest absolute Gasteiger partial charge is 0.407 e. The quantitative estimate of drug-likeness (QED) is 0.408. The Hall–Kier alpha value is -4.13. The van der Waals surface area contributed by atoms with Crippen LogP contribution in [0.1, 0.15) is 42.4 Å². The van der Waals surface area contributed by atoms with Gasteiger partial charge in [0, 0.05) is 24.1 Å². The standard InChI is InChI=1S/C28H28N2O5/c1-2-19(16-26(31)30-25-14-8-3-9-18(25)15-27(32)33)29-28(34)35-17-24-22-12-6-4-10-20(22)21-11-5-7-13-23(21)24/h3-14,19,24H,2,15-17H2,1H3,(H,29,34)(H,30,31)(H,32,33). The molecule has 2 amide bonds. The minimum atomic E-state index is -0.977. The summed E-state index contributed by atoms with van der Waals surface area (Å²) < 4.78 is 5.59. The first-order valence-electron chi connectivity index (χ1n) is 11.7. The van der Waals surface area contributed by atoms with Crippen LogP contribution < -0.4 is 10.6 Å². The van der Waals surface area contributed by atoms with Crippen LogP contribution in [0.3, 0.4) is 0 Å². The van der Waals surface area contributed by atoms with Gasteiger partial charge in [0.25, 0.3) is 0 Å². The van der Waals surface area contributed by atoms with Gasteiger partial charge in [0.15, 0.2) is 0 Å². The van der Waals surface area contributed by atoms with E-state index in [-0.39, 0.29) is 31.3 Å². The summed E-state index contributed by atoms with van der Waals surface area (Å²) in [6.07, 6.45) is -0.180. The average molecular weight is 473 g/mol. The number of para-hydroxylation sites is 1. The van der Waals surface area contributed by atoms with E-state index in [1.54, 1.807) is 24.3 Å². The molecule has 0 heterocycles. The number of amides is 2. The summed E-state index contributed by atoms with van der Waals surface area (Å²) in [7, 11) is 0. The highest BCUT2D eigenvalue weighted by molar-refractivity contribution is 5.92. The zero-order valence-corrected chi connectivity index (χ0v) is 19.5. The van der Waals surface area contributed by atoms with Crippen LogP contribution >= 0.6 is 0 Å². The number of rotatable bonds is 9. The van der Waals surface area contributed by atoms with Crippen LogP contribution in [0.25, 0.3) is 11.1 Å².